The van der Waals surface area contributed by atoms with Crippen LogP contribution in [-0.4, -0.2) is 34.4 Å². The van der Waals surface area contributed by atoms with E-state index in [0.29, 0.717) is 11.5 Å². The van der Waals surface area contributed by atoms with Gasteiger partial charge < -0.3 is 10.6 Å². The van der Waals surface area contributed by atoms with Gasteiger partial charge in [0.15, 0.2) is 0 Å². The molecular weight excluding hydrogens is 220 g/mol. The van der Waals surface area contributed by atoms with E-state index in [0.717, 1.165) is 4.90 Å². The van der Waals surface area contributed by atoms with Crippen LogP contribution < -0.4 is 10.6 Å². The predicted octanol–water partition coefficient (Wildman–Crippen LogP) is 0.841. The Labute approximate surface area is 99.0 Å². The highest BCUT2D eigenvalue weighted by Gasteiger charge is 2.49. The molecule has 0 spiro atoms. The Balaban J connectivity index is 2.44. The maximum Gasteiger partial charge on any atom is 0.332 e. The van der Waals surface area contributed by atoms with Crippen LogP contribution in [0.2, 0.25) is 0 Å². The van der Waals surface area contributed by atoms with Crippen LogP contribution >= 0.6 is 0 Å². The van der Waals surface area contributed by atoms with Crippen LogP contribution in [-0.2, 0) is 4.79 Å². The van der Waals surface area contributed by atoms with E-state index in [4.69, 9.17) is 5.73 Å². The average molecular weight is 234 g/mol. The number of carbonyl (C=O) groups is 2. The van der Waals surface area contributed by atoms with Crippen molar-refractivity contribution >= 4 is 23.4 Å². The third-order valence-corrected chi connectivity index (χ3v) is 3.07. The maximum atomic E-state index is 12.1. The van der Waals surface area contributed by atoms with E-state index in [9.17, 15) is 9.59 Å². The normalized spacial score (nSPS) is 19.0. The Bertz CT molecular complexity index is 481. The molecule has 0 bridgehead atoms. The van der Waals surface area contributed by atoms with E-state index in [1.54, 1.807) is 33.0 Å². The minimum absolute atomic E-state index is 0.267. The van der Waals surface area contributed by atoms with Gasteiger partial charge in [0.2, 0.25) is 0 Å². The number of hydrogen-bond acceptors (Lipinski definition) is 4. The van der Waals surface area contributed by atoms with Crippen LogP contribution in [0.3, 0.4) is 0 Å². The van der Waals surface area contributed by atoms with Crippen molar-refractivity contribution in [2.75, 3.05) is 17.7 Å². The van der Waals surface area contributed by atoms with Gasteiger partial charge in [0.1, 0.15) is 11.4 Å². The quantitative estimate of drug-likeness (QED) is 0.730. The zero-order valence-corrected chi connectivity index (χ0v) is 9.97. The SMILES string of the molecule is CN1C(=O)N(c2ccc(N)nc2)C(=O)C1(C)C. The van der Waals surface area contributed by atoms with Gasteiger partial charge in [-0.3, -0.25) is 4.79 Å². The number of aromatic nitrogens is 1. The second-order valence-electron chi connectivity index (χ2n) is 4.48. The molecular formula is C11H14N4O2. The van der Waals surface area contributed by atoms with Gasteiger partial charge in [-0.25, -0.2) is 14.7 Å². The molecule has 1 aromatic rings. The summed E-state index contributed by atoms with van der Waals surface area (Å²) in [5, 5.41) is 0. The van der Waals surface area contributed by atoms with E-state index >= 15 is 0 Å². The number of pyridine rings is 1. The van der Waals surface area contributed by atoms with Crippen LogP contribution in [0.15, 0.2) is 18.3 Å². The Morgan fingerprint density at radius 2 is 1.94 bits per heavy atom. The third kappa shape index (κ3) is 1.52. The fourth-order valence-corrected chi connectivity index (χ4v) is 1.65. The highest BCUT2D eigenvalue weighted by atomic mass is 16.2. The first kappa shape index (κ1) is 11.4. The van der Waals surface area contributed by atoms with Gasteiger partial charge in [-0.15, -0.1) is 0 Å². The van der Waals surface area contributed by atoms with Crippen molar-refractivity contribution in [2.45, 2.75) is 19.4 Å². The predicted molar refractivity (Wildman–Crippen MR) is 63.4 cm³/mol. The smallest absolute Gasteiger partial charge is 0.332 e. The second kappa shape index (κ2) is 3.44. The van der Waals surface area contributed by atoms with Crippen LogP contribution in [0.4, 0.5) is 16.3 Å². The van der Waals surface area contributed by atoms with Gasteiger partial charge in [0.25, 0.3) is 5.91 Å². The van der Waals surface area contributed by atoms with E-state index in [1.807, 2.05) is 0 Å². The van der Waals surface area contributed by atoms with Gasteiger partial charge in [0.05, 0.1) is 11.9 Å². The van der Waals surface area contributed by atoms with Gasteiger partial charge in [-0.1, -0.05) is 0 Å². The second-order valence-corrected chi connectivity index (χ2v) is 4.48. The molecule has 1 fully saturated rings. The van der Waals surface area contributed by atoms with E-state index < -0.39 is 5.54 Å². The van der Waals surface area contributed by atoms with E-state index in [-0.39, 0.29) is 11.9 Å². The van der Waals surface area contributed by atoms with Crippen molar-refractivity contribution < 1.29 is 9.59 Å². The molecule has 0 radical (unpaired) electrons. The lowest BCUT2D eigenvalue weighted by molar-refractivity contribution is -0.123. The first-order valence-electron chi connectivity index (χ1n) is 5.19. The van der Waals surface area contributed by atoms with Crippen molar-refractivity contribution in [3.05, 3.63) is 18.3 Å². The molecule has 1 aliphatic heterocycles. The summed E-state index contributed by atoms with van der Waals surface area (Å²) in [6.07, 6.45) is 1.42. The van der Waals surface area contributed by atoms with Crippen molar-refractivity contribution in [1.82, 2.24) is 9.88 Å². The largest absolute Gasteiger partial charge is 0.384 e. The number of nitrogen functional groups attached to an aromatic ring is 1. The van der Waals surface area contributed by atoms with Crippen molar-refractivity contribution in [3.8, 4) is 0 Å². The minimum Gasteiger partial charge on any atom is -0.384 e. The van der Waals surface area contributed by atoms with Crippen LogP contribution in [0.25, 0.3) is 0 Å². The summed E-state index contributed by atoms with van der Waals surface area (Å²) in [7, 11) is 1.60. The molecule has 0 aliphatic carbocycles. The number of urea groups is 1. The molecule has 6 nitrogen and oxygen atoms in total. The lowest BCUT2D eigenvalue weighted by Crippen LogP contribution is -2.41. The summed E-state index contributed by atoms with van der Waals surface area (Å²) in [5.74, 6) is 0.0806. The molecule has 0 atom stereocenters. The molecule has 17 heavy (non-hydrogen) atoms. The Hall–Kier alpha value is -2.11. The van der Waals surface area contributed by atoms with Crippen molar-refractivity contribution in [1.29, 1.82) is 0 Å². The zero-order chi connectivity index (χ0) is 12.8. The number of hydrogen-bond donors (Lipinski definition) is 1. The summed E-state index contributed by atoms with van der Waals surface area (Å²) in [5.41, 5.74) is 5.07. The molecule has 0 unspecified atom stereocenters. The number of amides is 3. The van der Waals surface area contributed by atoms with E-state index in [1.165, 1.54) is 11.1 Å². The van der Waals surface area contributed by atoms with Gasteiger partial charge in [-0.05, 0) is 26.0 Å². The molecule has 0 saturated carbocycles. The lowest BCUT2D eigenvalue weighted by atomic mass is 10.1. The maximum absolute atomic E-state index is 12.1. The average Bonchev–Trinajstić information content (AvgIpc) is 2.43. The molecule has 1 aliphatic rings. The number of nitrogens with zero attached hydrogens (tertiary/aromatic N) is 3. The number of rotatable bonds is 1. The molecule has 6 heteroatoms. The molecule has 3 amide bonds. The highest BCUT2D eigenvalue weighted by Crippen LogP contribution is 2.30. The summed E-state index contributed by atoms with van der Waals surface area (Å²) in [4.78, 5) is 30.5. The number of likely N-dealkylation sites (N-methyl/N-ethyl adjacent to an activating group) is 1. The number of anilines is 2. The monoisotopic (exact) mass is 234 g/mol. The Morgan fingerprint density at radius 1 is 1.29 bits per heavy atom. The van der Waals surface area contributed by atoms with Crippen LogP contribution in [0, 0.1) is 0 Å². The summed E-state index contributed by atoms with van der Waals surface area (Å²) in [6.45, 7) is 3.41. The molecule has 2 heterocycles. The lowest BCUT2D eigenvalue weighted by Gasteiger charge is -2.22. The third-order valence-electron chi connectivity index (χ3n) is 3.07. The first-order chi connectivity index (χ1) is 7.85. The number of imide groups is 1. The topological polar surface area (TPSA) is 79.5 Å². The minimum atomic E-state index is -0.835. The molecule has 2 rings (SSSR count). The van der Waals surface area contributed by atoms with Crippen LogP contribution in [0.1, 0.15) is 13.8 Å². The summed E-state index contributed by atoms with van der Waals surface area (Å²) in [6, 6.07) is 2.81. The van der Waals surface area contributed by atoms with Crippen molar-refractivity contribution in [2.24, 2.45) is 0 Å². The standard InChI is InChI=1S/C11H14N4O2/c1-11(2)9(16)15(10(17)14(11)3)7-4-5-8(12)13-6-7/h4-6H,1-3H3,(H2,12,13). The fraction of sp³-hybridized carbons (Fsp3) is 0.364. The molecule has 2 N–H and O–H groups in total. The Morgan fingerprint density at radius 3 is 2.35 bits per heavy atom. The molecule has 0 aromatic carbocycles. The van der Waals surface area contributed by atoms with Crippen molar-refractivity contribution in [3.63, 3.8) is 0 Å². The van der Waals surface area contributed by atoms with Gasteiger partial charge in [0, 0.05) is 7.05 Å². The molecule has 1 aromatic heterocycles. The fourth-order valence-electron chi connectivity index (χ4n) is 1.65. The summed E-state index contributed by atoms with van der Waals surface area (Å²) >= 11 is 0. The van der Waals surface area contributed by atoms with Gasteiger partial charge in [-0.2, -0.15) is 0 Å². The summed E-state index contributed by atoms with van der Waals surface area (Å²) < 4.78 is 0. The van der Waals surface area contributed by atoms with Gasteiger partial charge >= 0.3 is 6.03 Å². The zero-order valence-electron chi connectivity index (χ0n) is 9.97. The highest BCUT2D eigenvalue weighted by molar-refractivity contribution is 6.22. The Kier molecular flexibility index (Phi) is 2.30. The van der Waals surface area contributed by atoms with E-state index in [2.05, 4.69) is 4.98 Å². The van der Waals surface area contributed by atoms with Crippen LogP contribution in [0.5, 0.6) is 0 Å². The number of nitrogens with two attached hydrogens (primary N) is 1. The molecule has 1 saturated heterocycles. The molecule has 90 valence electrons. The number of carbonyl (C=O) groups excluding carboxylic acids is 2. The first-order valence-corrected chi connectivity index (χ1v) is 5.19.